The van der Waals surface area contributed by atoms with Crippen molar-refractivity contribution >= 4 is 5.96 Å². The van der Waals surface area contributed by atoms with Gasteiger partial charge < -0.3 is 15.2 Å². The van der Waals surface area contributed by atoms with Crippen LogP contribution in [0.15, 0.2) is 35.3 Å². The van der Waals surface area contributed by atoms with E-state index in [1.54, 1.807) is 0 Å². The normalized spacial score (nSPS) is 20.9. The third-order valence-corrected chi connectivity index (χ3v) is 5.49. The van der Waals surface area contributed by atoms with Gasteiger partial charge >= 0.3 is 0 Å². The van der Waals surface area contributed by atoms with Crippen molar-refractivity contribution in [3.63, 3.8) is 0 Å². The van der Waals surface area contributed by atoms with Gasteiger partial charge in [-0.15, -0.1) is 10.2 Å². The molecule has 152 valence electrons. The molecule has 0 saturated carbocycles. The summed E-state index contributed by atoms with van der Waals surface area (Å²) in [4.78, 5) is 7.29. The van der Waals surface area contributed by atoms with Crippen LogP contribution in [0.4, 0.5) is 0 Å². The van der Waals surface area contributed by atoms with Gasteiger partial charge in [0.15, 0.2) is 11.8 Å². The molecule has 0 amide bonds. The molecule has 1 aromatic heterocycles. The van der Waals surface area contributed by atoms with Crippen LogP contribution >= 0.6 is 0 Å². The highest BCUT2D eigenvalue weighted by Crippen LogP contribution is 2.20. The molecule has 1 aliphatic rings. The van der Waals surface area contributed by atoms with E-state index in [1.165, 1.54) is 5.56 Å². The summed E-state index contributed by atoms with van der Waals surface area (Å²) in [5, 5.41) is 15.3. The lowest BCUT2D eigenvalue weighted by Crippen LogP contribution is -2.51. The highest BCUT2D eigenvalue weighted by molar-refractivity contribution is 5.80. The Balaban J connectivity index is 1.55. The summed E-state index contributed by atoms with van der Waals surface area (Å²) in [6, 6.07) is 11.7. The summed E-state index contributed by atoms with van der Waals surface area (Å²) in [5.74, 6) is 2.64. The highest BCUT2D eigenvalue weighted by Gasteiger charge is 2.26. The monoisotopic (exact) mass is 383 g/mol. The third kappa shape index (κ3) is 5.32. The number of benzene rings is 1. The van der Waals surface area contributed by atoms with Crippen LogP contribution in [-0.4, -0.2) is 50.8 Å². The van der Waals surface area contributed by atoms with Crippen molar-refractivity contribution in [2.45, 2.75) is 58.8 Å². The number of nitrogens with one attached hydrogen (secondary N) is 2. The zero-order valence-corrected chi connectivity index (χ0v) is 17.5. The van der Waals surface area contributed by atoms with Gasteiger partial charge in [-0.3, -0.25) is 4.90 Å². The summed E-state index contributed by atoms with van der Waals surface area (Å²) < 4.78 is 1.98. The van der Waals surface area contributed by atoms with Crippen molar-refractivity contribution in [1.82, 2.24) is 30.3 Å². The van der Waals surface area contributed by atoms with Gasteiger partial charge in [0.25, 0.3) is 0 Å². The van der Waals surface area contributed by atoms with Crippen LogP contribution in [-0.2, 0) is 20.1 Å². The van der Waals surface area contributed by atoms with E-state index in [2.05, 4.69) is 69.9 Å². The zero-order chi connectivity index (χ0) is 19.9. The quantitative estimate of drug-likeness (QED) is 0.591. The standard InChI is InChI=1S/C21H33N7/c1-5-22-21(23-14-20-26-25-17(3)27(20)4)24-19-11-12-28(16(2)13-19)15-18-9-7-6-8-10-18/h6-10,16,19H,5,11-15H2,1-4H3,(H2,22,23,24). The molecule has 2 aromatic rings. The molecule has 7 nitrogen and oxygen atoms in total. The van der Waals surface area contributed by atoms with Gasteiger partial charge in [0.05, 0.1) is 0 Å². The van der Waals surface area contributed by atoms with Crippen LogP contribution in [0.3, 0.4) is 0 Å². The second-order valence-corrected chi connectivity index (χ2v) is 7.59. The van der Waals surface area contributed by atoms with Crippen molar-refractivity contribution in [2.24, 2.45) is 12.0 Å². The predicted octanol–water partition coefficient (Wildman–Crippen LogP) is 2.23. The maximum absolute atomic E-state index is 4.72. The van der Waals surface area contributed by atoms with Crippen molar-refractivity contribution in [2.75, 3.05) is 13.1 Å². The fourth-order valence-corrected chi connectivity index (χ4v) is 3.66. The lowest BCUT2D eigenvalue weighted by molar-refractivity contribution is 0.134. The summed E-state index contributed by atoms with van der Waals surface area (Å²) >= 11 is 0. The van der Waals surface area contributed by atoms with E-state index in [-0.39, 0.29) is 0 Å². The Morgan fingerprint density at radius 2 is 2.04 bits per heavy atom. The topological polar surface area (TPSA) is 70.4 Å². The molecular formula is C21H33N7. The van der Waals surface area contributed by atoms with Crippen LogP contribution in [0.5, 0.6) is 0 Å². The van der Waals surface area contributed by atoms with E-state index in [4.69, 9.17) is 4.99 Å². The van der Waals surface area contributed by atoms with Gasteiger partial charge in [-0.1, -0.05) is 30.3 Å². The second kappa shape index (κ2) is 9.68. The first-order valence-electron chi connectivity index (χ1n) is 10.2. The minimum Gasteiger partial charge on any atom is -0.357 e. The van der Waals surface area contributed by atoms with E-state index in [9.17, 15) is 0 Å². The number of aliphatic imine (C=N–C) groups is 1. The first-order valence-corrected chi connectivity index (χ1v) is 10.2. The molecule has 0 radical (unpaired) electrons. The molecule has 1 fully saturated rings. The van der Waals surface area contributed by atoms with E-state index in [0.717, 1.165) is 50.1 Å². The lowest BCUT2D eigenvalue weighted by atomic mass is 9.97. The lowest BCUT2D eigenvalue weighted by Gasteiger charge is -2.38. The summed E-state index contributed by atoms with van der Waals surface area (Å²) in [5.41, 5.74) is 1.38. The minimum absolute atomic E-state index is 0.432. The Kier molecular flexibility index (Phi) is 7.03. The third-order valence-electron chi connectivity index (χ3n) is 5.49. The van der Waals surface area contributed by atoms with Crippen LogP contribution in [0.25, 0.3) is 0 Å². The number of hydrogen-bond donors (Lipinski definition) is 2. The highest BCUT2D eigenvalue weighted by atomic mass is 15.3. The fourth-order valence-electron chi connectivity index (χ4n) is 3.66. The van der Waals surface area contributed by atoms with Gasteiger partial charge in [0, 0.05) is 38.8 Å². The Labute approximate surface area is 168 Å². The molecule has 7 heteroatoms. The number of likely N-dealkylation sites (tertiary alicyclic amines) is 1. The smallest absolute Gasteiger partial charge is 0.191 e. The molecule has 0 spiro atoms. The zero-order valence-electron chi connectivity index (χ0n) is 17.5. The predicted molar refractivity (Wildman–Crippen MR) is 113 cm³/mol. The molecular weight excluding hydrogens is 350 g/mol. The Morgan fingerprint density at radius 1 is 1.25 bits per heavy atom. The molecule has 1 saturated heterocycles. The summed E-state index contributed by atoms with van der Waals surface area (Å²) in [6.07, 6.45) is 2.23. The van der Waals surface area contributed by atoms with Gasteiger partial charge in [-0.2, -0.15) is 0 Å². The molecule has 3 rings (SSSR count). The number of aromatic nitrogens is 3. The number of piperidine rings is 1. The van der Waals surface area contributed by atoms with Gasteiger partial charge in [0.1, 0.15) is 12.4 Å². The average Bonchev–Trinajstić information content (AvgIpc) is 3.01. The first kappa shape index (κ1) is 20.3. The van der Waals surface area contributed by atoms with E-state index in [0.29, 0.717) is 18.6 Å². The van der Waals surface area contributed by atoms with Crippen molar-refractivity contribution < 1.29 is 0 Å². The summed E-state index contributed by atoms with van der Waals surface area (Å²) in [6.45, 7) is 9.84. The molecule has 2 N–H and O–H groups in total. The molecule has 28 heavy (non-hydrogen) atoms. The van der Waals surface area contributed by atoms with Crippen molar-refractivity contribution in [3.8, 4) is 0 Å². The number of hydrogen-bond acceptors (Lipinski definition) is 4. The number of guanidine groups is 1. The first-order chi connectivity index (χ1) is 13.6. The maximum Gasteiger partial charge on any atom is 0.191 e. The Hall–Kier alpha value is -2.41. The minimum atomic E-state index is 0.432. The second-order valence-electron chi connectivity index (χ2n) is 7.59. The molecule has 2 unspecified atom stereocenters. The van der Waals surface area contributed by atoms with Gasteiger partial charge in [0.2, 0.25) is 0 Å². The Bertz CT molecular complexity index is 768. The average molecular weight is 384 g/mol. The summed E-state index contributed by atoms with van der Waals surface area (Å²) in [7, 11) is 1.98. The Morgan fingerprint density at radius 3 is 2.68 bits per heavy atom. The largest absolute Gasteiger partial charge is 0.357 e. The van der Waals surface area contributed by atoms with E-state index in [1.807, 2.05) is 18.5 Å². The van der Waals surface area contributed by atoms with Gasteiger partial charge in [-0.25, -0.2) is 4.99 Å². The molecule has 1 aliphatic heterocycles. The van der Waals surface area contributed by atoms with Crippen molar-refractivity contribution in [1.29, 1.82) is 0 Å². The van der Waals surface area contributed by atoms with Crippen LogP contribution in [0.2, 0.25) is 0 Å². The number of nitrogens with zero attached hydrogens (tertiary/aromatic N) is 5. The van der Waals surface area contributed by atoms with Crippen LogP contribution < -0.4 is 10.6 Å². The molecule has 0 bridgehead atoms. The number of aryl methyl sites for hydroxylation is 1. The SMILES string of the molecule is CCNC(=NCc1nnc(C)n1C)NC1CCN(Cc2ccccc2)C(C)C1. The maximum atomic E-state index is 4.72. The van der Waals surface area contributed by atoms with Gasteiger partial charge in [-0.05, 0) is 39.2 Å². The van der Waals surface area contributed by atoms with Crippen LogP contribution in [0, 0.1) is 6.92 Å². The molecule has 0 aliphatic carbocycles. The fraction of sp³-hybridized carbons (Fsp3) is 0.571. The van der Waals surface area contributed by atoms with Crippen molar-refractivity contribution in [3.05, 3.63) is 47.5 Å². The molecule has 1 aromatic carbocycles. The van der Waals surface area contributed by atoms with Crippen LogP contribution in [0.1, 0.15) is 43.9 Å². The number of rotatable bonds is 6. The molecule has 2 heterocycles. The molecule has 2 atom stereocenters. The van der Waals surface area contributed by atoms with E-state index >= 15 is 0 Å². The van der Waals surface area contributed by atoms with E-state index < -0.39 is 0 Å².